The number of aliphatic hydroxyl groups excluding tert-OH is 2. The zero-order chi connectivity index (χ0) is 20.6. The molecule has 0 aromatic carbocycles. The zero-order valence-electron chi connectivity index (χ0n) is 15.5. The fraction of sp³-hybridized carbons (Fsp3) is 0.600. The molecule has 0 aliphatic carbocycles. The number of thiol groups is 1. The number of carbonyl (C=O) groups is 1. The third-order valence-electron chi connectivity index (χ3n) is 3.62. The van der Waals surface area contributed by atoms with Crippen molar-refractivity contribution in [3.05, 3.63) is 12.7 Å². The molecule has 2 aromatic heterocycles. The van der Waals surface area contributed by atoms with Gasteiger partial charge in [-0.3, -0.25) is 4.57 Å². The van der Waals surface area contributed by atoms with Gasteiger partial charge in [0.15, 0.2) is 17.7 Å². The van der Waals surface area contributed by atoms with E-state index in [1.165, 1.54) is 12.7 Å². The van der Waals surface area contributed by atoms with E-state index in [1.807, 2.05) is 11.2 Å². The molecule has 152 valence electrons. The number of hydrogen-bond acceptors (Lipinski definition) is 10. The molecule has 1 aliphatic rings. The van der Waals surface area contributed by atoms with Gasteiger partial charge >= 0.3 is 41.4 Å². The average Bonchev–Trinajstić information content (AvgIpc) is 3.22. The Labute approximate surface area is 178 Å². The third kappa shape index (κ3) is 6.18. The van der Waals surface area contributed by atoms with Crippen molar-refractivity contribution in [3.63, 3.8) is 0 Å². The Hall–Kier alpha value is -0.610. The first-order valence-corrected chi connectivity index (χ1v) is 13.6. The Kier molecular flexibility index (Phi) is 10.9. The van der Waals surface area contributed by atoms with Gasteiger partial charge in [-0.2, -0.15) is 24.4 Å². The van der Waals surface area contributed by atoms with Crippen LogP contribution < -0.4 is 5.73 Å². The maximum atomic E-state index is 10.1. The summed E-state index contributed by atoms with van der Waals surface area (Å²) in [7, 11) is 0. The van der Waals surface area contributed by atoms with Crippen molar-refractivity contribution in [2.24, 2.45) is 0 Å². The number of carbonyl (C=O) groups excluding carboxylic acids is 1. The SMILES string of the molecule is CS.CSC[C@H]1O[C@@H](n2cnc3c(N)ncnc32)[C@H](O)[C@@H]1O.C[Te]C(C)=O. The minimum atomic E-state index is -1.04. The number of thioether (sulfide) groups is 1. The van der Waals surface area contributed by atoms with E-state index in [4.69, 9.17) is 10.5 Å². The van der Waals surface area contributed by atoms with E-state index in [2.05, 4.69) is 27.6 Å². The fourth-order valence-corrected chi connectivity index (χ4v) is 2.92. The first-order valence-electron chi connectivity index (χ1n) is 7.83. The number of fused-ring (bicyclic) bond motifs is 1. The van der Waals surface area contributed by atoms with Gasteiger partial charge in [0.2, 0.25) is 0 Å². The number of anilines is 1. The molecule has 1 aliphatic heterocycles. The topological polar surface area (TPSA) is 136 Å². The van der Waals surface area contributed by atoms with E-state index in [-0.39, 0.29) is 26.7 Å². The van der Waals surface area contributed by atoms with Gasteiger partial charge in [-0.15, -0.1) is 0 Å². The van der Waals surface area contributed by atoms with Crippen LogP contribution in [-0.4, -0.2) is 91.1 Å². The van der Waals surface area contributed by atoms with Crippen LogP contribution in [0, 0.1) is 0 Å². The maximum absolute atomic E-state index is 10.1. The molecule has 2 aromatic rings. The average molecular weight is 531 g/mol. The molecule has 27 heavy (non-hydrogen) atoms. The Bertz CT molecular complexity index is 735. The van der Waals surface area contributed by atoms with Gasteiger partial charge in [-0.1, -0.05) is 0 Å². The Balaban J connectivity index is 0.000000454. The van der Waals surface area contributed by atoms with Crippen LogP contribution in [0.5, 0.6) is 0 Å². The summed E-state index contributed by atoms with van der Waals surface area (Å²) in [6.07, 6.45) is 3.27. The molecule has 0 bridgehead atoms. The van der Waals surface area contributed by atoms with Gasteiger partial charge in [0.1, 0.15) is 24.1 Å². The summed E-state index contributed by atoms with van der Waals surface area (Å²) >= 11 is 4.84. The van der Waals surface area contributed by atoms with Gasteiger partial charge in [-0.05, 0) is 12.5 Å². The Morgan fingerprint density at radius 1 is 1.37 bits per heavy atom. The Morgan fingerprint density at radius 3 is 2.56 bits per heavy atom. The van der Waals surface area contributed by atoms with Gasteiger partial charge in [0.25, 0.3) is 0 Å². The predicted octanol–water partition coefficient (Wildman–Crippen LogP) is 0.222. The van der Waals surface area contributed by atoms with Gasteiger partial charge in [-0.25, -0.2) is 15.0 Å². The van der Waals surface area contributed by atoms with E-state index in [0.29, 0.717) is 20.7 Å². The molecule has 0 unspecified atom stereocenters. The van der Waals surface area contributed by atoms with Crippen LogP contribution in [-0.2, 0) is 9.53 Å². The van der Waals surface area contributed by atoms with E-state index in [1.54, 1.807) is 29.5 Å². The van der Waals surface area contributed by atoms with Crippen LogP contribution in [0.25, 0.3) is 11.2 Å². The van der Waals surface area contributed by atoms with Gasteiger partial charge < -0.3 is 20.7 Å². The van der Waals surface area contributed by atoms with Crippen LogP contribution in [0.1, 0.15) is 13.2 Å². The molecule has 9 nitrogen and oxygen atoms in total. The number of nitrogens with zero attached hydrogens (tertiary/aromatic N) is 4. The monoisotopic (exact) mass is 533 g/mol. The molecule has 4 N–H and O–H groups in total. The summed E-state index contributed by atoms with van der Waals surface area (Å²) in [6, 6.07) is 0. The molecule has 1 fully saturated rings. The number of rotatable bonds is 4. The summed E-state index contributed by atoms with van der Waals surface area (Å²) in [5.41, 5.74) is 6.64. The summed E-state index contributed by atoms with van der Waals surface area (Å²) in [4.78, 5) is 23.9. The molecule has 0 spiro atoms. The number of aliphatic hydroxyl groups is 2. The number of hydrogen-bond donors (Lipinski definition) is 4. The first kappa shape index (κ1) is 24.4. The number of nitrogens with two attached hydrogens (primary N) is 1. The number of ether oxygens (including phenoxy) is 1. The van der Waals surface area contributed by atoms with E-state index in [9.17, 15) is 15.0 Å². The van der Waals surface area contributed by atoms with Crippen LogP contribution >= 0.6 is 24.4 Å². The number of imidazole rings is 1. The Morgan fingerprint density at radius 2 is 2.00 bits per heavy atom. The minimum absolute atomic E-state index is 0.229. The molecule has 3 heterocycles. The molecule has 0 amide bonds. The zero-order valence-corrected chi connectivity index (χ0v) is 19.6. The molecule has 0 radical (unpaired) electrons. The number of nitrogen functional groups attached to an aromatic ring is 1. The second-order valence-corrected chi connectivity index (χ2v) is 9.00. The van der Waals surface area contributed by atoms with Crippen molar-refractivity contribution in [3.8, 4) is 0 Å². The molecule has 3 rings (SSSR count). The van der Waals surface area contributed by atoms with Crippen LogP contribution in [0.3, 0.4) is 0 Å². The summed E-state index contributed by atoms with van der Waals surface area (Å²) < 4.78 is 7.68. The van der Waals surface area contributed by atoms with Gasteiger partial charge in [0.05, 0.1) is 12.4 Å². The van der Waals surface area contributed by atoms with E-state index in [0.717, 1.165) is 0 Å². The predicted molar refractivity (Wildman–Crippen MR) is 111 cm³/mol. The number of aromatic nitrogens is 4. The van der Waals surface area contributed by atoms with Crippen LogP contribution in [0.2, 0.25) is 4.97 Å². The second kappa shape index (κ2) is 12.1. The molecule has 0 saturated carbocycles. The summed E-state index contributed by atoms with van der Waals surface area (Å²) in [6.45, 7) is 1.64. The fourth-order valence-electron chi connectivity index (χ4n) is 2.32. The normalized spacial score (nSPS) is 24.0. The molecule has 1 saturated heterocycles. The second-order valence-electron chi connectivity index (χ2n) is 5.28. The quantitative estimate of drug-likeness (QED) is 0.323. The molecular weight excluding hydrogens is 506 g/mol. The third-order valence-corrected chi connectivity index (χ3v) is 5.92. The molecule has 4 atom stereocenters. The first-order chi connectivity index (χ1) is 12.9. The van der Waals surface area contributed by atoms with Crippen molar-refractivity contribution < 1.29 is 19.7 Å². The van der Waals surface area contributed by atoms with Crippen LogP contribution in [0.4, 0.5) is 5.82 Å². The van der Waals surface area contributed by atoms with Crippen molar-refractivity contribution in [1.29, 1.82) is 0 Å². The van der Waals surface area contributed by atoms with E-state index < -0.39 is 24.5 Å². The van der Waals surface area contributed by atoms with Crippen molar-refractivity contribution in [2.45, 2.75) is 36.4 Å². The van der Waals surface area contributed by atoms with Crippen LogP contribution in [0.15, 0.2) is 12.7 Å². The summed E-state index contributed by atoms with van der Waals surface area (Å²) in [5.74, 6) is 0.862. The van der Waals surface area contributed by atoms with Gasteiger partial charge in [0, 0.05) is 5.75 Å². The van der Waals surface area contributed by atoms with E-state index >= 15 is 0 Å². The van der Waals surface area contributed by atoms with Crippen molar-refractivity contribution in [1.82, 2.24) is 19.5 Å². The standard InChI is InChI=1S/C11H15N5O3S.C3H6OTe.CH4S/c1-20-2-5-7(17)8(18)11(19-5)16-4-15-6-9(12)13-3-14-10(6)16;1-3(4)5-2;1-2/h3-5,7-8,11,17-18H,2H2,1H3,(H2,12,13,14);1-2H3;2H,1H3/t5-,7-,8-,11-;;/m1../s1. The van der Waals surface area contributed by atoms with Crippen molar-refractivity contribution >= 4 is 66.1 Å². The summed E-state index contributed by atoms with van der Waals surface area (Å²) in [5, 5.41) is 20.2. The van der Waals surface area contributed by atoms with Crippen molar-refractivity contribution in [2.75, 3.05) is 24.0 Å². The molecule has 12 heteroatoms. The molecular formula is C15H25N5O4S2Te.